The van der Waals surface area contributed by atoms with E-state index in [1.54, 1.807) is 38.1 Å². The molecule has 0 saturated carbocycles. The van der Waals surface area contributed by atoms with Crippen molar-refractivity contribution in [3.05, 3.63) is 45.3 Å². The summed E-state index contributed by atoms with van der Waals surface area (Å²) in [5, 5.41) is 3.50. The fourth-order valence-electron chi connectivity index (χ4n) is 2.25. The van der Waals surface area contributed by atoms with E-state index < -0.39 is 10.0 Å². The van der Waals surface area contributed by atoms with Gasteiger partial charge in [-0.2, -0.15) is 4.31 Å². The third-order valence-corrected chi connectivity index (χ3v) is 7.80. The molecule has 1 aromatic carbocycles. The van der Waals surface area contributed by atoms with Gasteiger partial charge in [-0.05, 0) is 24.3 Å². The van der Waals surface area contributed by atoms with Crippen molar-refractivity contribution in [3.63, 3.8) is 0 Å². The number of hydrogen-bond acceptors (Lipinski definition) is 5. The smallest absolute Gasteiger partial charge is 0.258 e. The van der Waals surface area contributed by atoms with Crippen molar-refractivity contribution in [2.75, 3.05) is 19.7 Å². The molecule has 0 radical (unpaired) electrons. The predicted molar refractivity (Wildman–Crippen MR) is 108 cm³/mol. The highest BCUT2D eigenvalue weighted by Gasteiger charge is 2.23. The molecule has 0 atom stereocenters. The Kier molecular flexibility index (Phi) is 7.93. The summed E-state index contributed by atoms with van der Waals surface area (Å²) in [6.07, 6.45) is 0. The number of halogens is 2. The van der Waals surface area contributed by atoms with Crippen molar-refractivity contribution < 1.29 is 17.9 Å². The van der Waals surface area contributed by atoms with Crippen LogP contribution < -0.4 is 10.1 Å². The number of thiophene rings is 1. The maximum atomic E-state index is 12.5. The van der Waals surface area contributed by atoms with E-state index in [0.29, 0.717) is 28.9 Å². The van der Waals surface area contributed by atoms with Crippen molar-refractivity contribution in [1.29, 1.82) is 0 Å². The third kappa shape index (κ3) is 5.83. The Labute approximate surface area is 173 Å². The maximum absolute atomic E-state index is 12.5. The Morgan fingerprint density at radius 2 is 1.89 bits per heavy atom. The highest BCUT2D eigenvalue weighted by Crippen LogP contribution is 2.27. The first-order chi connectivity index (χ1) is 12.8. The molecule has 0 unspecified atom stereocenters. The quantitative estimate of drug-likeness (QED) is 0.630. The molecule has 1 N–H and O–H groups in total. The van der Waals surface area contributed by atoms with Crippen LogP contribution in [0.25, 0.3) is 0 Å². The second-order valence-corrected chi connectivity index (χ2v) is 9.63. The van der Waals surface area contributed by atoms with E-state index >= 15 is 0 Å². The second-order valence-electron chi connectivity index (χ2n) is 5.45. The largest absolute Gasteiger partial charge is 0.482 e. The van der Waals surface area contributed by atoms with Crippen molar-refractivity contribution in [2.24, 2.45) is 0 Å². The molecule has 148 valence electrons. The molecule has 1 aromatic heterocycles. The first kappa shape index (κ1) is 22.0. The Morgan fingerprint density at radius 3 is 2.56 bits per heavy atom. The molecule has 2 rings (SSSR count). The maximum Gasteiger partial charge on any atom is 0.258 e. The van der Waals surface area contributed by atoms with Crippen LogP contribution in [0.15, 0.2) is 34.5 Å². The number of nitrogens with zero attached hydrogens (tertiary/aromatic N) is 1. The molecule has 2 aromatic rings. The normalized spacial score (nSPS) is 11.6. The van der Waals surface area contributed by atoms with E-state index in [1.165, 1.54) is 10.4 Å². The monoisotopic (exact) mass is 450 g/mol. The molecule has 1 heterocycles. The Balaban J connectivity index is 1.91. The first-order valence-electron chi connectivity index (χ1n) is 8.21. The van der Waals surface area contributed by atoms with Gasteiger partial charge in [-0.15, -0.1) is 11.3 Å². The molecule has 1 amide bonds. The summed E-state index contributed by atoms with van der Waals surface area (Å²) in [6.45, 7) is 4.39. The average Bonchev–Trinajstić information content (AvgIpc) is 3.11. The average molecular weight is 451 g/mol. The first-order valence-corrected chi connectivity index (χ1v) is 11.2. The molecule has 0 aliphatic rings. The fourth-order valence-corrected chi connectivity index (χ4v) is 5.49. The van der Waals surface area contributed by atoms with Crippen LogP contribution in [0.2, 0.25) is 10.0 Å². The lowest BCUT2D eigenvalue weighted by atomic mass is 10.3. The zero-order valence-electron chi connectivity index (χ0n) is 14.9. The molecule has 0 bridgehead atoms. The van der Waals surface area contributed by atoms with Crippen molar-refractivity contribution >= 4 is 50.5 Å². The van der Waals surface area contributed by atoms with Gasteiger partial charge in [-0.25, -0.2) is 8.42 Å². The van der Waals surface area contributed by atoms with Crippen molar-refractivity contribution in [2.45, 2.75) is 24.6 Å². The molecule has 0 spiro atoms. The lowest BCUT2D eigenvalue weighted by molar-refractivity contribution is -0.123. The van der Waals surface area contributed by atoms with Gasteiger partial charge in [-0.3, -0.25) is 4.79 Å². The van der Waals surface area contributed by atoms with Crippen LogP contribution in [0, 0.1) is 0 Å². The number of rotatable bonds is 9. The SMILES string of the molecule is CCN(CC)S(=O)(=O)c1ccc(CNC(=O)COc2cc(Cl)ccc2Cl)s1. The van der Waals surface area contributed by atoms with E-state index in [2.05, 4.69) is 5.32 Å². The molecule has 27 heavy (non-hydrogen) atoms. The van der Waals surface area contributed by atoms with E-state index in [0.717, 1.165) is 16.2 Å². The summed E-state index contributed by atoms with van der Waals surface area (Å²) in [7, 11) is -3.49. The topological polar surface area (TPSA) is 75.7 Å². The van der Waals surface area contributed by atoms with Gasteiger partial charge in [-0.1, -0.05) is 37.0 Å². The Hall–Kier alpha value is -1.32. The highest BCUT2D eigenvalue weighted by molar-refractivity contribution is 7.91. The summed E-state index contributed by atoms with van der Waals surface area (Å²) < 4.78 is 32.0. The van der Waals surface area contributed by atoms with Gasteiger partial charge in [0.15, 0.2) is 6.61 Å². The van der Waals surface area contributed by atoms with Gasteiger partial charge < -0.3 is 10.1 Å². The molecule has 6 nitrogen and oxygen atoms in total. The van der Waals surface area contributed by atoms with Gasteiger partial charge in [0.05, 0.1) is 11.6 Å². The standard InChI is InChI=1S/C17H20Cl2N2O4S2/c1-3-21(4-2)27(23,24)17-8-6-13(26-17)10-20-16(22)11-25-15-9-12(18)5-7-14(15)19/h5-9H,3-4,10-11H2,1-2H3,(H,20,22). The summed E-state index contributed by atoms with van der Waals surface area (Å²) in [6, 6.07) is 7.98. The number of amides is 1. The van der Waals surface area contributed by atoms with Gasteiger partial charge in [0.2, 0.25) is 0 Å². The number of carbonyl (C=O) groups is 1. The summed E-state index contributed by atoms with van der Waals surface area (Å²) in [5.41, 5.74) is 0. The molecule has 0 saturated heterocycles. The summed E-state index contributed by atoms with van der Waals surface area (Å²) in [5.74, 6) is -0.0318. The van der Waals surface area contributed by atoms with Crippen LogP contribution in [0.1, 0.15) is 18.7 Å². The van der Waals surface area contributed by atoms with Crippen LogP contribution in [-0.2, 0) is 21.4 Å². The molecule has 10 heteroatoms. The number of nitrogens with one attached hydrogen (secondary N) is 1. The zero-order chi connectivity index (χ0) is 20.0. The Morgan fingerprint density at radius 1 is 1.19 bits per heavy atom. The second kappa shape index (κ2) is 9.75. The summed E-state index contributed by atoms with van der Waals surface area (Å²) in [4.78, 5) is 12.7. The van der Waals surface area contributed by atoms with Crippen molar-refractivity contribution in [1.82, 2.24) is 9.62 Å². The van der Waals surface area contributed by atoms with Gasteiger partial charge >= 0.3 is 0 Å². The Bertz CT molecular complexity index is 896. The lowest BCUT2D eigenvalue weighted by Crippen LogP contribution is -2.30. The molecule has 0 fully saturated rings. The molecule has 0 aliphatic carbocycles. The van der Waals surface area contributed by atoms with E-state index in [-0.39, 0.29) is 23.3 Å². The van der Waals surface area contributed by atoms with E-state index in [1.807, 2.05) is 0 Å². The minimum Gasteiger partial charge on any atom is -0.482 e. The lowest BCUT2D eigenvalue weighted by Gasteiger charge is -2.16. The number of benzene rings is 1. The van der Waals surface area contributed by atoms with Gasteiger partial charge in [0, 0.05) is 29.1 Å². The van der Waals surface area contributed by atoms with E-state index in [4.69, 9.17) is 27.9 Å². The van der Waals surface area contributed by atoms with Gasteiger partial charge in [0.1, 0.15) is 9.96 Å². The number of carbonyl (C=O) groups excluding carboxylic acids is 1. The van der Waals surface area contributed by atoms with Crippen LogP contribution in [0.5, 0.6) is 5.75 Å². The zero-order valence-corrected chi connectivity index (χ0v) is 18.0. The summed E-state index contributed by atoms with van der Waals surface area (Å²) >= 11 is 13.0. The highest BCUT2D eigenvalue weighted by atomic mass is 35.5. The minimum absolute atomic E-state index is 0.212. The minimum atomic E-state index is -3.49. The van der Waals surface area contributed by atoms with E-state index in [9.17, 15) is 13.2 Å². The van der Waals surface area contributed by atoms with Crippen LogP contribution in [0.3, 0.4) is 0 Å². The fraction of sp³-hybridized carbons (Fsp3) is 0.353. The third-order valence-electron chi connectivity index (χ3n) is 3.65. The molecular formula is C17H20Cl2N2O4S2. The van der Waals surface area contributed by atoms with Gasteiger partial charge in [0.25, 0.3) is 15.9 Å². The van der Waals surface area contributed by atoms with Crippen LogP contribution >= 0.6 is 34.5 Å². The van der Waals surface area contributed by atoms with Crippen LogP contribution in [0.4, 0.5) is 0 Å². The van der Waals surface area contributed by atoms with Crippen molar-refractivity contribution in [3.8, 4) is 5.75 Å². The number of ether oxygens (including phenoxy) is 1. The molecular weight excluding hydrogens is 431 g/mol. The molecule has 0 aliphatic heterocycles. The number of hydrogen-bond donors (Lipinski definition) is 1. The predicted octanol–water partition coefficient (Wildman–Crippen LogP) is 3.78. The number of sulfonamides is 1. The van der Waals surface area contributed by atoms with Crippen LogP contribution in [-0.4, -0.2) is 38.3 Å².